The number of fused-ring (bicyclic) bond motifs is 1. The fourth-order valence-corrected chi connectivity index (χ4v) is 2.60. The van der Waals surface area contributed by atoms with Gasteiger partial charge in [0.1, 0.15) is 0 Å². The number of nitrogens with one attached hydrogen (secondary N) is 1. The van der Waals surface area contributed by atoms with Crippen molar-refractivity contribution in [3.8, 4) is 0 Å². The fraction of sp³-hybridized carbons (Fsp3) is 1.00. The molecule has 1 saturated heterocycles. The highest BCUT2D eigenvalue weighted by Gasteiger charge is 2.32. The molecular formula is C9H17N. The first-order valence-electron chi connectivity index (χ1n) is 4.62. The molecule has 1 N–H and O–H groups in total. The predicted molar refractivity (Wildman–Crippen MR) is 43.0 cm³/mol. The van der Waals surface area contributed by atoms with E-state index in [9.17, 15) is 0 Å². The summed E-state index contributed by atoms with van der Waals surface area (Å²) in [7, 11) is 0. The highest BCUT2D eigenvalue weighted by atomic mass is 15.0. The second-order valence-corrected chi connectivity index (χ2v) is 3.95. The van der Waals surface area contributed by atoms with E-state index >= 15 is 0 Å². The van der Waals surface area contributed by atoms with E-state index in [0.29, 0.717) is 0 Å². The van der Waals surface area contributed by atoms with Crippen molar-refractivity contribution in [2.45, 2.75) is 51.1 Å². The van der Waals surface area contributed by atoms with Gasteiger partial charge in [-0.25, -0.2) is 0 Å². The van der Waals surface area contributed by atoms with Gasteiger partial charge in [0.15, 0.2) is 0 Å². The molecule has 1 aliphatic carbocycles. The summed E-state index contributed by atoms with van der Waals surface area (Å²) in [6.07, 6.45) is 7.30. The summed E-state index contributed by atoms with van der Waals surface area (Å²) in [5, 5.41) is 3.66. The lowest BCUT2D eigenvalue weighted by Crippen LogP contribution is -2.31. The third kappa shape index (κ3) is 1.07. The standard InChI is InChI=1S/C9H17N/c1-7-6-8-4-2-3-5-9(8)10-7/h7-10H,2-6H2,1H3/t7-,8+,9+/m0/s1. The first-order chi connectivity index (χ1) is 4.86. The fourth-order valence-electron chi connectivity index (χ4n) is 2.60. The van der Waals surface area contributed by atoms with Gasteiger partial charge >= 0.3 is 0 Å². The highest BCUT2D eigenvalue weighted by Crippen LogP contribution is 2.32. The third-order valence-corrected chi connectivity index (χ3v) is 3.06. The third-order valence-electron chi connectivity index (χ3n) is 3.06. The Kier molecular flexibility index (Phi) is 1.69. The molecule has 1 saturated carbocycles. The van der Waals surface area contributed by atoms with E-state index in [4.69, 9.17) is 0 Å². The molecule has 58 valence electrons. The molecule has 2 aliphatic rings. The van der Waals surface area contributed by atoms with Crippen molar-refractivity contribution >= 4 is 0 Å². The van der Waals surface area contributed by atoms with Gasteiger partial charge in [-0.3, -0.25) is 0 Å². The van der Waals surface area contributed by atoms with Crippen molar-refractivity contribution in [2.75, 3.05) is 0 Å². The normalized spacial score (nSPS) is 47.1. The molecule has 0 aromatic heterocycles. The largest absolute Gasteiger partial charge is 0.311 e. The first kappa shape index (κ1) is 6.66. The van der Waals surface area contributed by atoms with Gasteiger partial charge in [0, 0.05) is 12.1 Å². The molecule has 0 aromatic carbocycles. The Morgan fingerprint density at radius 1 is 1.20 bits per heavy atom. The monoisotopic (exact) mass is 139 g/mol. The van der Waals surface area contributed by atoms with Crippen LogP contribution < -0.4 is 5.32 Å². The van der Waals surface area contributed by atoms with Gasteiger partial charge < -0.3 is 5.32 Å². The van der Waals surface area contributed by atoms with Crippen LogP contribution in [0, 0.1) is 5.92 Å². The Hall–Kier alpha value is -0.0400. The minimum atomic E-state index is 0.799. The Labute approximate surface area is 63.2 Å². The maximum atomic E-state index is 3.66. The average molecular weight is 139 g/mol. The van der Waals surface area contributed by atoms with Crippen LogP contribution in [0.1, 0.15) is 39.0 Å². The van der Waals surface area contributed by atoms with Gasteiger partial charge in [0.2, 0.25) is 0 Å². The highest BCUT2D eigenvalue weighted by molar-refractivity contribution is 4.90. The Balaban J connectivity index is 1.97. The summed E-state index contributed by atoms with van der Waals surface area (Å²) in [6.45, 7) is 2.32. The van der Waals surface area contributed by atoms with E-state index in [0.717, 1.165) is 18.0 Å². The minimum absolute atomic E-state index is 0.799. The summed E-state index contributed by atoms with van der Waals surface area (Å²) >= 11 is 0. The molecule has 1 aliphatic heterocycles. The second kappa shape index (κ2) is 2.54. The van der Waals surface area contributed by atoms with Gasteiger partial charge in [0.05, 0.1) is 0 Å². The summed E-state index contributed by atoms with van der Waals surface area (Å²) < 4.78 is 0. The van der Waals surface area contributed by atoms with Crippen LogP contribution in [0.15, 0.2) is 0 Å². The molecule has 1 heterocycles. The molecule has 0 amide bonds. The Morgan fingerprint density at radius 3 is 2.80 bits per heavy atom. The molecule has 0 unspecified atom stereocenters. The number of rotatable bonds is 0. The van der Waals surface area contributed by atoms with E-state index in [1.807, 2.05) is 0 Å². The lowest BCUT2D eigenvalue weighted by atomic mass is 9.85. The van der Waals surface area contributed by atoms with E-state index in [2.05, 4.69) is 12.2 Å². The second-order valence-electron chi connectivity index (χ2n) is 3.95. The Morgan fingerprint density at radius 2 is 2.00 bits per heavy atom. The van der Waals surface area contributed by atoms with Crippen LogP contribution in [0.2, 0.25) is 0 Å². The van der Waals surface area contributed by atoms with E-state index in [1.165, 1.54) is 32.1 Å². The van der Waals surface area contributed by atoms with Gasteiger partial charge in [-0.05, 0) is 32.1 Å². The van der Waals surface area contributed by atoms with Crippen LogP contribution in [0.4, 0.5) is 0 Å². The molecule has 0 bridgehead atoms. The number of hydrogen-bond donors (Lipinski definition) is 1. The smallest absolute Gasteiger partial charge is 0.00983 e. The molecule has 1 heteroatoms. The molecule has 10 heavy (non-hydrogen) atoms. The molecule has 2 fully saturated rings. The van der Waals surface area contributed by atoms with Gasteiger partial charge in [-0.2, -0.15) is 0 Å². The zero-order valence-electron chi connectivity index (χ0n) is 6.77. The summed E-state index contributed by atoms with van der Waals surface area (Å²) in [5.41, 5.74) is 0. The van der Waals surface area contributed by atoms with Crippen molar-refractivity contribution < 1.29 is 0 Å². The van der Waals surface area contributed by atoms with E-state index in [1.54, 1.807) is 0 Å². The summed E-state index contributed by atoms with van der Waals surface area (Å²) in [5.74, 6) is 1.03. The van der Waals surface area contributed by atoms with Crippen molar-refractivity contribution in [2.24, 2.45) is 5.92 Å². The van der Waals surface area contributed by atoms with Gasteiger partial charge in [-0.1, -0.05) is 12.8 Å². The average Bonchev–Trinajstić information content (AvgIpc) is 2.27. The maximum absolute atomic E-state index is 3.66. The van der Waals surface area contributed by atoms with Gasteiger partial charge in [-0.15, -0.1) is 0 Å². The molecule has 2 rings (SSSR count). The minimum Gasteiger partial charge on any atom is -0.311 e. The molecule has 0 aromatic rings. The predicted octanol–water partition coefficient (Wildman–Crippen LogP) is 1.93. The topological polar surface area (TPSA) is 12.0 Å². The van der Waals surface area contributed by atoms with Crippen molar-refractivity contribution in [1.29, 1.82) is 0 Å². The van der Waals surface area contributed by atoms with Crippen LogP contribution >= 0.6 is 0 Å². The Bertz CT molecular complexity index is 108. The summed E-state index contributed by atoms with van der Waals surface area (Å²) in [6, 6.07) is 1.69. The molecule has 1 nitrogen and oxygen atoms in total. The van der Waals surface area contributed by atoms with Crippen molar-refractivity contribution in [1.82, 2.24) is 5.32 Å². The van der Waals surface area contributed by atoms with Crippen LogP contribution in [0.3, 0.4) is 0 Å². The van der Waals surface area contributed by atoms with Crippen LogP contribution in [-0.2, 0) is 0 Å². The van der Waals surface area contributed by atoms with Crippen molar-refractivity contribution in [3.63, 3.8) is 0 Å². The first-order valence-corrected chi connectivity index (χ1v) is 4.62. The molecule has 0 radical (unpaired) electrons. The van der Waals surface area contributed by atoms with Crippen LogP contribution in [0.25, 0.3) is 0 Å². The zero-order valence-corrected chi connectivity index (χ0v) is 6.77. The van der Waals surface area contributed by atoms with Gasteiger partial charge in [0.25, 0.3) is 0 Å². The number of hydrogen-bond acceptors (Lipinski definition) is 1. The maximum Gasteiger partial charge on any atom is 0.00983 e. The lowest BCUT2D eigenvalue weighted by molar-refractivity contribution is 0.325. The van der Waals surface area contributed by atoms with Crippen LogP contribution in [0.5, 0.6) is 0 Å². The zero-order chi connectivity index (χ0) is 6.97. The molecule has 0 spiro atoms. The SMILES string of the molecule is C[C@H]1C[C@H]2CCCC[C@H]2N1. The molecule has 3 atom stereocenters. The van der Waals surface area contributed by atoms with Crippen molar-refractivity contribution in [3.05, 3.63) is 0 Å². The lowest BCUT2D eigenvalue weighted by Gasteiger charge is -2.24. The van der Waals surface area contributed by atoms with E-state index < -0.39 is 0 Å². The quantitative estimate of drug-likeness (QED) is 0.540. The summed E-state index contributed by atoms with van der Waals surface area (Å²) in [4.78, 5) is 0. The van der Waals surface area contributed by atoms with E-state index in [-0.39, 0.29) is 0 Å². The van der Waals surface area contributed by atoms with Crippen LogP contribution in [-0.4, -0.2) is 12.1 Å². The molecular weight excluding hydrogens is 122 g/mol.